The van der Waals surface area contributed by atoms with E-state index in [1.54, 1.807) is 6.07 Å². The molecule has 2 aliphatic heterocycles. The normalized spacial score (nSPS) is 16.7. The number of nitrogens with zero attached hydrogens (tertiary/aromatic N) is 4. The van der Waals surface area contributed by atoms with Gasteiger partial charge in [-0.25, -0.2) is 9.07 Å². The molecule has 1 aromatic carbocycles. The third-order valence-electron chi connectivity index (χ3n) is 6.20. The largest absolute Gasteiger partial charge is 0.423 e. The Hall–Kier alpha value is -2.44. The smallest absolute Gasteiger partial charge is 0.378 e. The van der Waals surface area contributed by atoms with Crippen LogP contribution in [0.5, 0.6) is 0 Å². The van der Waals surface area contributed by atoms with E-state index >= 15 is 0 Å². The summed E-state index contributed by atoms with van der Waals surface area (Å²) in [5.41, 5.74) is -1.13. The van der Waals surface area contributed by atoms with E-state index in [4.69, 9.17) is 9.47 Å². The second-order valence-corrected chi connectivity index (χ2v) is 15.7. The van der Waals surface area contributed by atoms with Crippen molar-refractivity contribution in [1.82, 2.24) is 9.78 Å². The van der Waals surface area contributed by atoms with Crippen molar-refractivity contribution < 1.29 is 27.0 Å². The highest BCUT2D eigenvalue weighted by Crippen LogP contribution is 2.38. The summed E-state index contributed by atoms with van der Waals surface area (Å²) < 4.78 is 68.3. The van der Waals surface area contributed by atoms with Gasteiger partial charge in [-0.3, -0.25) is 4.79 Å². The summed E-state index contributed by atoms with van der Waals surface area (Å²) in [6.45, 7) is 8.70. The van der Waals surface area contributed by atoms with Crippen molar-refractivity contribution in [2.45, 2.75) is 51.7 Å². The molecule has 0 unspecified atom stereocenters. The minimum absolute atomic E-state index is 0.0522. The van der Waals surface area contributed by atoms with Crippen molar-refractivity contribution in [2.75, 3.05) is 42.7 Å². The molecule has 0 saturated carbocycles. The van der Waals surface area contributed by atoms with E-state index in [9.17, 15) is 22.4 Å². The van der Waals surface area contributed by atoms with Gasteiger partial charge in [0.15, 0.2) is 0 Å². The first kappa shape index (κ1) is 25.6. The van der Waals surface area contributed by atoms with Crippen LogP contribution in [0.4, 0.5) is 28.9 Å². The monoisotopic (exact) mass is 514 g/mol. The zero-order valence-electron chi connectivity index (χ0n) is 20.1. The first-order valence-corrected chi connectivity index (χ1v) is 15.3. The molecule has 1 saturated heterocycles. The highest BCUT2D eigenvalue weighted by atomic mass is 28.3. The number of hydrogen-bond donors (Lipinski definition) is 0. The Kier molecular flexibility index (Phi) is 7.25. The molecule has 1 aromatic heterocycles. The lowest BCUT2D eigenvalue weighted by Crippen LogP contribution is -2.36. The Morgan fingerprint density at radius 3 is 2.34 bits per heavy atom. The van der Waals surface area contributed by atoms with Gasteiger partial charge >= 0.3 is 6.18 Å². The molecule has 192 valence electrons. The number of alkyl halides is 3. The second-order valence-electron chi connectivity index (χ2n) is 10.1. The van der Waals surface area contributed by atoms with Crippen molar-refractivity contribution in [3.8, 4) is 0 Å². The minimum Gasteiger partial charge on any atom is -0.378 e. The number of hydrogen-bond acceptors (Lipinski definition) is 6. The number of aromatic nitrogens is 2. The average Bonchev–Trinajstić information content (AvgIpc) is 3.18. The fourth-order valence-electron chi connectivity index (χ4n) is 4.23. The van der Waals surface area contributed by atoms with E-state index in [0.717, 1.165) is 17.8 Å². The Morgan fingerprint density at radius 1 is 1.06 bits per heavy atom. The molecule has 0 spiro atoms. The molecule has 1 fully saturated rings. The van der Waals surface area contributed by atoms with Gasteiger partial charge in [0, 0.05) is 40.9 Å². The fourth-order valence-corrected chi connectivity index (χ4v) is 4.99. The number of halogens is 4. The SMILES string of the molecule is C[Si](C)(C)CCOCn1ncc(N2Cc3cc(F)c(N4CCOCC4)cc3C2)c(C(F)(F)F)c1=O. The Bertz CT molecular complexity index is 1130. The third-order valence-corrected chi connectivity index (χ3v) is 7.91. The van der Waals surface area contributed by atoms with Gasteiger partial charge in [-0.05, 0) is 29.3 Å². The lowest BCUT2D eigenvalue weighted by molar-refractivity contribution is -0.138. The van der Waals surface area contributed by atoms with Gasteiger partial charge in [-0.1, -0.05) is 19.6 Å². The Balaban J connectivity index is 1.57. The predicted molar refractivity (Wildman–Crippen MR) is 127 cm³/mol. The van der Waals surface area contributed by atoms with Crippen molar-refractivity contribution in [3.05, 3.63) is 51.2 Å². The quantitative estimate of drug-likeness (QED) is 0.316. The molecule has 2 aliphatic rings. The Labute approximate surface area is 202 Å². The number of fused-ring (bicyclic) bond motifs is 1. The van der Waals surface area contributed by atoms with Crippen LogP contribution in [0.15, 0.2) is 23.1 Å². The molecule has 7 nitrogen and oxygen atoms in total. The van der Waals surface area contributed by atoms with Crippen LogP contribution in [0.3, 0.4) is 0 Å². The van der Waals surface area contributed by atoms with Crippen LogP contribution in [-0.2, 0) is 35.5 Å². The summed E-state index contributed by atoms with van der Waals surface area (Å²) in [4.78, 5) is 16.1. The first-order chi connectivity index (χ1) is 16.4. The van der Waals surface area contributed by atoms with E-state index < -0.39 is 31.2 Å². The lowest BCUT2D eigenvalue weighted by atomic mass is 10.1. The predicted octanol–water partition coefficient (Wildman–Crippen LogP) is 4.07. The maximum atomic E-state index is 14.8. The molecule has 0 atom stereocenters. The molecular weight excluding hydrogens is 484 g/mol. The van der Waals surface area contributed by atoms with Crippen LogP contribution >= 0.6 is 0 Å². The van der Waals surface area contributed by atoms with Gasteiger partial charge in [0.1, 0.15) is 18.1 Å². The fraction of sp³-hybridized carbons (Fsp3) is 0.565. The van der Waals surface area contributed by atoms with E-state index in [1.807, 2.05) is 4.90 Å². The molecule has 35 heavy (non-hydrogen) atoms. The number of ether oxygens (including phenoxy) is 2. The third kappa shape index (κ3) is 5.87. The van der Waals surface area contributed by atoms with Crippen LogP contribution in [-0.4, -0.2) is 50.8 Å². The summed E-state index contributed by atoms with van der Waals surface area (Å²) in [6.07, 6.45) is -3.83. The van der Waals surface area contributed by atoms with Gasteiger partial charge in [-0.15, -0.1) is 0 Å². The van der Waals surface area contributed by atoms with Gasteiger partial charge in [0.05, 0.1) is 30.8 Å². The molecule has 4 rings (SSSR count). The van der Waals surface area contributed by atoms with E-state index in [1.165, 1.54) is 11.0 Å². The molecule has 3 heterocycles. The zero-order chi connectivity index (χ0) is 25.4. The summed E-state index contributed by atoms with van der Waals surface area (Å²) in [5, 5.41) is 3.95. The highest BCUT2D eigenvalue weighted by Gasteiger charge is 2.40. The lowest BCUT2D eigenvalue weighted by Gasteiger charge is -2.29. The number of anilines is 2. The van der Waals surface area contributed by atoms with Gasteiger partial charge in [-0.2, -0.15) is 18.3 Å². The van der Waals surface area contributed by atoms with Crippen molar-refractivity contribution in [3.63, 3.8) is 0 Å². The van der Waals surface area contributed by atoms with Crippen molar-refractivity contribution in [2.24, 2.45) is 0 Å². The standard InChI is InChI=1S/C23H30F4N4O3Si/c1-35(2,3)9-8-34-15-31-22(32)21(23(25,26)27)20(12-28-31)30-13-16-10-18(24)19(11-17(16)14-30)29-4-6-33-7-5-29/h10-12H,4-9,13-15H2,1-3H3. The number of benzene rings is 1. The molecule has 0 radical (unpaired) electrons. The molecular formula is C23H30F4N4O3Si. The van der Waals surface area contributed by atoms with Crippen LogP contribution in [0.2, 0.25) is 25.7 Å². The van der Waals surface area contributed by atoms with Crippen LogP contribution < -0.4 is 15.4 Å². The molecule has 0 bridgehead atoms. The first-order valence-electron chi connectivity index (χ1n) is 11.6. The van der Waals surface area contributed by atoms with Crippen molar-refractivity contribution >= 4 is 19.4 Å². The molecule has 12 heteroatoms. The van der Waals surface area contributed by atoms with Crippen LogP contribution in [0.1, 0.15) is 16.7 Å². The molecule has 0 aliphatic carbocycles. The van der Waals surface area contributed by atoms with Crippen LogP contribution in [0.25, 0.3) is 0 Å². The summed E-state index contributed by atoms with van der Waals surface area (Å²) in [7, 11) is -1.38. The zero-order valence-corrected chi connectivity index (χ0v) is 21.1. The molecule has 0 N–H and O–H groups in total. The van der Waals surface area contributed by atoms with Gasteiger partial charge in [0.2, 0.25) is 0 Å². The maximum Gasteiger partial charge on any atom is 0.423 e. The summed E-state index contributed by atoms with van der Waals surface area (Å²) in [5.74, 6) is -0.424. The summed E-state index contributed by atoms with van der Waals surface area (Å²) in [6, 6.07) is 3.87. The molecule has 0 amide bonds. The van der Waals surface area contributed by atoms with E-state index in [2.05, 4.69) is 24.7 Å². The van der Waals surface area contributed by atoms with E-state index in [-0.39, 0.29) is 25.5 Å². The molecule has 2 aromatic rings. The maximum absolute atomic E-state index is 14.8. The highest BCUT2D eigenvalue weighted by molar-refractivity contribution is 6.76. The van der Waals surface area contributed by atoms with Gasteiger partial charge < -0.3 is 19.3 Å². The van der Waals surface area contributed by atoms with Crippen molar-refractivity contribution in [1.29, 1.82) is 0 Å². The number of morpholine rings is 1. The number of rotatable bonds is 7. The second kappa shape index (κ2) is 9.90. The van der Waals surface area contributed by atoms with Gasteiger partial charge in [0.25, 0.3) is 5.56 Å². The average molecular weight is 515 g/mol. The van der Waals surface area contributed by atoms with Crippen LogP contribution in [0, 0.1) is 5.82 Å². The minimum atomic E-state index is -4.88. The van der Waals surface area contributed by atoms with E-state index in [0.29, 0.717) is 48.8 Å². The summed E-state index contributed by atoms with van der Waals surface area (Å²) >= 11 is 0. The Morgan fingerprint density at radius 2 is 1.71 bits per heavy atom. The topological polar surface area (TPSA) is 59.8 Å².